The van der Waals surface area contributed by atoms with E-state index in [0.29, 0.717) is 56.8 Å². The summed E-state index contributed by atoms with van der Waals surface area (Å²) in [5, 5.41) is 18.0. The Bertz CT molecular complexity index is 3580. The molecule has 8 heterocycles. The van der Waals surface area contributed by atoms with Gasteiger partial charge in [-0.2, -0.15) is 30.1 Å². The third-order valence-electron chi connectivity index (χ3n) is 12.3. The number of fused-ring (bicyclic) bond motifs is 4. The number of anilines is 2. The van der Waals surface area contributed by atoms with Gasteiger partial charge in [0.15, 0.2) is 41.8 Å². The first kappa shape index (κ1) is 63.6. The van der Waals surface area contributed by atoms with Gasteiger partial charge in [0.25, 0.3) is 0 Å². The van der Waals surface area contributed by atoms with E-state index in [1.54, 1.807) is 57.8 Å². The molecule has 2 aromatic carbocycles. The molecule has 0 bridgehead atoms. The summed E-state index contributed by atoms with van der Waals surface area (Å²) < 4.78 is 121. The van der Waals surface area contributed by atoms with Crippen LogP contribution in [0.15, 0.2) is 60.9 Å². The van der Waals surface area contributed by atoms with Gasteiger partial charge < -0.3 is 48.1 Å². The fourth-order valence-electron chi connectivity index (χ4n) is 9.23. The number of nitrogens with one attached hydrogen (secondary N) is 4. The molecule has 9 atom stereocenters. The molecule has 444 valence electrons. The van der Waals surface area contributed by atoms with Crippen LogP contribution >= 0.6 is 71.5 Å². The number of hydrogen-bond donors (Lipinski definition) is 4. The fourth-order valence-corrected chi connectivity index (χ4v) is 14.5. The van der Waals surface area contributed by atoms with Crippen LogP contribution in [0.4, 0.5) is 11.6 Å². The Kier molecular flexibility index (Phi) is 19.8. The molecule has 0 radical (unpaired) electrons. The SMILES string of the molecule is CC1(C)O[C@@H]2[C@H](O1)[C@@H](CNS(C)(=O)=O)O[C@H]2n1ncc2c(NCc3ccccc3Cl)nc(Cl)nc21.CCOP(C)(=O)CS(=O)(=O)NC[C@H]1O[C@@H](n2ncc3c(NCc4ccccc4Cl)nc(Cl)nc32)[C@@H]2OC(C)(C)O[C@@H]21.CP(C)(=O)Cl. The highest BCUT2D eigenvalue weighted by Gasteiger charge is 2.58. The van der Waals surface area contributed by atoms with Gasteiger partial charge in [0.1, 0.15) is 53.8 Å². The second-order valence-corrected chi connectivity index (χ2v) is 33.4. The first-order valence-electron chi connectivity index (χ1n) is 24.9. The van der Waals surface area contributed by atoms with Crippen LogP contribution in [0.25, 0.3) is 22.1 Å². The number of ether oxygens (including phenoxy) is 6. The van der Waals surface area contributed by atoms with Gasteiger partial charge in [-0.3, -0.25) is 4.57 Å². The zero-order valence-corrected chi connectivity index (χ0v) is 52.3. The van der Waals surface area contributed by atoms with Crippen molar-refractivity contribution >= 4 is 125 Å². The van der Waals surface area contributed by atoms with Gasteiger partial charge in [-0.15, -0.1) is 0 Å². The maximum atomic E-state index is 12.7. The number of nitrogens with zero attached hydrogens (tertiary/aromatic N) is 8. The summed E-state index contributed by atoms with van der Waals surface area (Å²) in [6.45, 7) is 11.7. The van der Waals surface area contributed by atoms with Crippen LogP contribution in [0, 0.1) is 0 Å². The maximum Gasteiger partial charge on any atom is 0.226 e. The Morgan fingerprint density at radius 3 is 1.43 bits per heavy atom. The Balaban J connectivity index is 0.000000198. The van der Waals surface area contributed by atoms with Crippen molar-refractivity contribution in [2.24, 2.45) is 0 Å². The number of halogens is 5. The van der Waals surface area contributed by atoms with Crippen molar-refractivity contribution in [3.8, 4) is 0 Å². The van der Waals surface area contributed by atoms with Crippen molar-refractivity contribution in [3.63, 3.8) is 0 Å². The molecule has 4 aliphatic heterocycles. The van der Waals surface area contributed by atoms with E-state index >= 15 is 0 Å². The lowest BCUT2D eigenvalue weighted by Crippen LogP contribution is -2.40. The van der Waals surface area contributed by atoms with Gasteiger partial charge in [0, 0.05) is 56.2 Å². The number of benzene rings is 2. The van der Waals surface area contributed by atoms with E-state index in [4.69, 9.17) is 90.6 Å². The van der Waals surface area contributed by atoms with E-state index in [9.17, 15) is 26.0 Å². The number of aromatic nitrogens is 8. The van der Waals surface area contributed by atoms with Crippen molar-refractivity contribution in [2.45, 2.75) is 108 Å². The molecule has 10 rings (SSSR count). The van der Waals surface area contributed by atoms with Gasteiger partial charge >= 0.3 is 0 Å². The Labute approximate surface area is 493 Å². The molecule has 4 fully saturated rings. The minimum atomic E-state index is -3.95. The molecule has 4 aliphatic rings. The van der Waals surface area contributed by atoms with E-state index in [0.717, 1.165) is 17.4 Å². The van der Waals surface area contributed by atoms with Gasteiger partial charge in [-0.05, 0) is 81.1 Å². The average molecular weight is 1310 g/mol. The maximum absolute atomic E-state index is 12.7. The zero-order chi connectivity index (χ0) is 59.0. The molecule has 6 aromatic rings. The molecule has 81 heavy (non-hydrogen) atoms. The largest absolute Gasteiger partial charge is 0.365 e. The van der Waals surface area contributed by atoms with Crippen LogP contribution in [0.2, 0.25) is 20.6 Å². The van der Waals surface area contributed by atoms with Crippen molar-refractivity contribution in [2.75, 3.05) is 62.1 Å². The summed E-state index contributed by atoms with van der Waals surface area (Å²) >= 11 is 30.2. The van der Waals surface area contributed by atoms with E-state index in [2.05, 4.69) is 50.2 Å². The first-order valence-corrected chi connectivity index (χ1v) is 35.8. The first-order chi connectivity index (χ1) is 37.8. The molecule has 4 saturated heterocycles. The quantitative estimate of drug-likeness (QED) is 0.0463. The Morgan fingerprint density at radius 2 is 1.04 bits per heavy atom. The predicted octanol–water partition coefficient (Wildman–Crippen LogP) is 8.46. The summed E-state index contributed by atoms with van der Waals surface area (Å²) in [5.74, 6) is -0.898. The van der Waals surface area contributed by atoms with Gasteiger partial charge in [-0.25, -0.2) is 35.6 Å². The Hall–Kier alpha value is -3.41. The normalized spacial score (nSPS) is 24.7. The molecular weight excluding hydrogens is 1240 g/mol. The molecule has 25 nitrogen and oxygen atoms in total. The van der Waals surface area contributed by atoms with Gasteiger partial charge in [0.05, 0.1) is 36.0 Å². The summed E-state index contributed by atoms with van der Waals surface area (Å²) in [6, 6.07) is 14.9. The van der Waals surface area contributed by atoms with Crippen LogP contribution in [0.3, 0.4) is 0 Å². The van der Waals surface area contributed by atoms with Crippen LogP contribution in [-0.2, 0) is 75.2 Å². The highest BCUT2D eigenvalue weighted by Crippen LogP contribution is 2.47. The third-order valence-corrected chi connectivity index (χ3v) is 18.7. The lowest BCUT2D eigenvalue weighted by atomic mass is 10.1. The summed E-state index contributed by atoms with van der Waals surface area (Å²) in [5.41, 5.74) is 1.93. The molecule has 0 spiro atoms. The molecule has 4 N–H and O–H groups in total. The minimum Gasteiger partial charge on any atom is -0.365 e. The van der Waals surface area contributed by atoms with Crippen LogP contribution in [0.1, 0.15) is 58.2 Å². The Morgan fingerprint density at radius 1 is 0.642 bits per heavy atom. The number of hydrogen-bond acceptors (Lipinski definition) is 21. The van der Waals surface area contributed by atoms with Gasteiger partial charge in [0.2, 0.25) is 38.0 Å². The lowest BCUT2D eigenvalue weighted by Gasteiger charge is -2.24. The van der Waals surface area contributed by atoms with Crippen LogP contribution in [0.5, 0.6) is 0 Å². The summed E-state index contributed by atoms with van der Waals surface area (Å²) in [4.78, 5) is 17.4. The minimum absolute atomic E-state index is 0.0121. The standard InChI is InChI=1S/C24H31Cl2N6O7PS.C21H24Cl2N6O5S.C2H6ClOP/c1-5-36-40(4,33)13-41(34,35)29-12-17-18-19(39-24(2,3)38-18)22(37-17)32-21-15(11-28-32)20(30-23(26)31-21)27-10-14-8-6-7-9-16(14)25;1-21(2)33-15-14(10-26-35(3,30)31)32-19(16(15)34-21)29-18-12(9-25-29)17(27-20(23)28-18)24-8-11-6-4-5-7-13(11)22;1-5(2,3)4/h6-9,11,17-19,22,29H,5,10,12-13H2,1-4H3,(H,27,30,31);4-7,9,14-16,19,26H,8,10H2,1-3H3,(H,24,27,28);1-2H3/t17-,18-,19-,22-,40?;14-,15-,16-,19-;/m11./s1. The van der Waals surface area contributed by atoms with Crippen LogP contribution < -0.4 is 20.1 Å². The van der Waals surface area contributed by atoms with E-state index < -0.39 is 100 Å². The number of rotatable bonds is 18. The highest BCUT2D eigenvalue weighted by atomic mass is 35.7. The second-order valence-electron chi connectivity index (χ2n) is 20.3. The molecular formula is C47H61Cl5N12O13P2S2. The average Bonchev–Trinajstić information content (AvgIpc) is 2.52. The molecule has 0 saturated carbocycles. The highest BCUT2D eigenvalue weighted by molar-refractivity contribution is 7.96. The zero-order valence-electron chi connectivity index (χ0n) is 45.1. The summed E-state index contributed by atoms with van der Waals surface area (Å²) in [6.07, 6.45) is -0.954. The molecule has 0 amide bonds. The van der Waals surface area contributed by atoms with E-state index in [-0.39, 0.29) is 30.3 Å². The van der Waals surface area contributed by atoms with Crippen molar-refractivity contribution in [1.82, 2.24) is 48.9 Å². The number of sulfonamides is 2. The van der Waals surface area contributed by atoms with Crippen molar-refractivity contribution in [3.05, 3.63) is 92.7 Å². The van der Waals surface area contributed by atoms with Crippen molar-refractivity contribution < 1.29 is 58.9 Å². The van der Waals surface area contributed by atoms with Crippen molar-refractivity contribution in [1.29, 1.82) is 0 Å². The lowest BCUT2D eigenvalue weighted by molar-refractivity contribution is -0.196. The van der Waals surface area contributed by atoms with E-state index in [1.807, 2.05) is 42.5 Å². The fraction of sp³-hybridized carbons (Fsp3) is 0.532. The van der Waals surface area contributed by atoms with Crippen LogP contribution in [-0.4, -0.2) is 156 Å². The predicted molar refractivity (Wildman–Crippen MR) is 309 cm³/mol. The molecule has 34 heteroatoms. The summed E-state index contributed by atoms with van der Waals surface area (Å²) in [7, 11) is -10.7. The van der Waals surface area contributed by atoms with Gasteiger partial charge in [-0.1, -0.05) is 70.8 Å². The molecule has 0 aliphatic carbocycles. The third kappa shape index (κ3) is 16.5. The molecule has 4 aromatic heterocycles. The van der Waals surface area contributed by atoms with E-state index in [1.165, 1.54) is 24.7 Å². The molecule has 1 unspecified atom stereocenters. The monoisotopic (exact) mass is 1300 g/mol. The second kappa shape index (κ2) is 25.3. The topological polar surface area (TPSA) is 302 Å². The smallest absolute Gasteiger partial charge is 0.226 e.